The molecule has 0 aliphatic carbocycles. The molecule has 1 rings (SSSR count). The maximum Gasteiger partial charge on any atom is 0.239 e. The van der Waals surface area contributed by atoms with E-state index < -0.39 is 0 Å². The molecular formula is C14H25Cl2N3O. The van der Waals surface area contributed by atoms with Crippen LogP contribution in [0.15, 0.2) is 18.2 Å². The van der Waals surface area contributed by atoms with Crippen molar-refractivity contribution in [3.8, 4) is 0 Å². The zero-order valence-electron chi connectivity index (χ0n) is 12.1. The maximum absolute atomic E-state index is 11.6. The lowest BCUT2D eigenvalue weighted by atomic mass is 10.1. The van der Waals surface area contributed by atoms with Crippen LogP contribution in [0.5, 0.6) is 0 Å². The van der Waals surface area contributed by atoms with Crippen molar-refractivity contribution in [3.63, 3.8) is 0 Å². The van der Waals surface area contributed by atoms with E-state index in [1.807, 2.05) is 32.0 Å². The molecule has 0 saturated heterocycles. The Bertz CT molecular complexity index is 380. The van der Waals surface area contributed by atoms with E-state index in [-0.39, 0.29) is 30.7 Å². The van der Waals surface area contributed by atoms with Gasteiger partial charge in [-0.05, 0) is 44.4 Å². The van der Waals surface area contributed by atoms with Crippen LogP contribution >= 0.6 is 24.8 Å². The fourth-order valence-corrected chi connectivity index (χ4v) is 1.82. The highest BCUT2D eigenvalue weighted by atomic mass is 35.5. The zero-order valence-corrected chi connectivity index (χ0v) is 13.7. The summed E-state index contributed by atoms with van der Waals surface area (Å²) in [5, 5.41) is 6.05. The molecule has 1 aromatic carbocycles. The number of nitrogens with two attached hydrogens (primary N) is 1. The normalized spacial score (nSPS) is 9.15. The van der Waals surface area contributed by atoms with Crippen LogP contribution in [-0.4, -0.2) is 25.5 Å². The van der Waals surface area contributed by atoms with E-state index >= 15 is 0 Å². The Labute approximate surface area is 133 Å². The summed E-state index contributed by atoms with van der Waals surface area (Å²) in [4.78, 5) is 11.6. The number of carbonyl (C=O) groups is 1. The van der Waals surface area contributed by atoms with Crippen molar-refractivity contribution >= 4 is 36.4 Å². The van der Waals surface area contributed by atoms with Crippen LogP contribution in [0.1, 0.15) is 24.0 Å². The molecule has 0 aliphatic heterocycles. The Balaban J connectivity index is 0. The molecule has 1 amide bonds. The number of carbonyl (C=O) groups excluding carboxylic acids is 1. The third kappa shape index (κ3) is 7.58. The van der Waals surface area contributed by atoms with Crippen LogP contribution in [0.2, 0.25) is 0 Å². The fourth-order valence-electron chi connectivity index (χ4n) is 1.82. The van der Waals surface area contributed by atoms with Crippen LogP contribution < -0.4 is 16.4 Å². The number of unbranched alkanes of at least 4 members (excludes halogenated alkanes) is 1. The van der Waals surface area contributed by atoms with Crippen molar-refractivity contribution in [3.05, 3.63) is 29.3 Å². The number of benzene rings is 1. The van der Waals surface area contributed by atoms with E-state index in [0.717, 1.165) is 29.7 Å². The van der Waals surface area contributed by atoms with Gasteiger partial charge in [0.15, 0.2) is 0 Å². The first-order chi connectivity index (χ1) is 8.65. The third-order valence-corrected chi connectivity index (χ3v) is 2.86. The molecule has 0 spiro atoms. The molecule has 0 aromatic heterocycles. The van der Waals surface area contributed by atoms with Gasteiger partial charge < -0.3 is 16.4 Å². The minimum Gasteiger partial charge on any atom is -0.376 e. The first-order valence-corrected chi connectivity index (χ1v) is 6.42. The van der Waals surface area contributed by atoms with Crippen LogP contribution in [0.3, 0.4) is 0 Å². The lowest BCUT2D eigenvalue weighted by Gasteiger charge is -2.12. The average Bonchev–Trinajstić information content (AvgIpc) is 2.34. The van der Waals surface area contributed by atoms with Gasteiger partial charge in [-0.1, -0.05) is 18.2 Å². The maximum atomic E-state index is 11.6. The average molecular weight is 322 g/mol. The van der Waals surface area contributed by atoms with Crippen molar-refractivity contribution in [2.24, 2.45) is 5.73 Å². The highest BCUT2D eigenvalue weighted by molar-refractivity contribution is 5.85. The molecule has 0 aliphatic rings. The van der Waals surface area contributed by atoms with E-state index in [9.17, 15) is 4.79 Å². The summed E-state index contributed by atoms with van der Waals surface area (Å²) in [5.74, 6) is 0.0228. The molecule has 0 atom stereocenters. The predicted molar refractivity (Wildman–Crippen MR) is 90.2 cm³/mol. The number of hydrogen-bond donors (Lipinski definition) is 3. The second kappa shape index (κ2) is 11.8. The molecule has 0 radical (unpaired) electrons. The number of hydrogen-bond acceptors (Lipinski definition) is 3. The lowest BCUT2D eigenvalue weighted by Crippen LogP contribution is -2.31. The third-order valence-electron chi connectivity index (χ3n) is 2.86. The van der Waals surface area contributed by atoms with Gasteiger partial charge in [0.05, 0.1) is 6.54 Å². The van der Waals surface area contributed by atoms with Crippen molar-refractivity contribution in [1.82, 2.24) is 5.32 Å². The molecule has 0 heterocycles. The van der Waals surface area contributed by atoms with Crippen LogP contribution in [0, 0.1) is 13.8 Å². The molecule has 1 aromatic rings. The number of para-hydroxylation sites is 1. The minimum absolute atomic E-state index is 0. The van der Waals surface area contributed by atoms with E-state index in [4.69, 9.17) is 5.73 Å². The summed E-state index contributed by atoms with van der Waals surface area (Å²) < 4.78 is 0. The van der Waals surface area contributed by atoms with Gasteiger partial charge in [-0.2, -0.15) is 0 Å². The Kier molecular flexibility index (Phi) is 12.6. The standard InChI is InChI=1S/C14H23N3O.2ClH/c1-11-6-5-7-12(2)14(11)17-10-13(18)16-9-4-3-8-15;;/h5-7,17H,3-4,8-10,15H2,1-2H3,(H,16,18);2*1H. The van der Waals surface area contributed by atoms with Gasteiger partial charge in [0, 0.05) is 12.2 Å². The highest BCUT2D eigenvalue weighted by Gasteiger charge is 2.04. The van der Waals surface area contributed by atoms with E-state index in [1.165, 1.54) is 0 Å². The summed E-state index contributed by atoms with van der Waals surface area (Å²) >= 11 is 0. The molecular weight excluding hydrogens is 297 g/mol. The fraction of sp³-hybridized carbons (Fsp3) is 0.500. The molecule has 20 heavy (non-hydrogen) atoms. The van der Waals surface area contributed by atoms with Gasteiger partial charge in [-0.25, -0.2) is 0 Å². The molecule has 6 heteroatoms. The SMILES string of the molecule is Cc1cccc(C)c1NCC(=O)NCCCCN.Cl.Cl. The largest absolute Gasteiger partial charge is 0.376 e. The number of rotatable bonds is 7. The summed E-state index contributed by atoms with van der Waals surface area (Å²) in [6.07, 6.45) is 1.89. The minimum atomic E-state index is 0. The van der Waals surface area contributed by atoms with Gasteiger partial charge in [0.25, 0.3) is 0 Å². The van der Waals surface area contributed by atoms with Gasteiger partial charge in [-0.15, -0.1) is 24.8 Å². The van der Waals surface area contributed by atoms with Crippen molar-refractivity contribution in [2.45, 2.75) is 26.7 Å². The summed E-state index contributed by atoms with van der Waals surface area (Å²) in [5.41, 5.74) is 8.76. The molecule has 0 unspecified atom stereocenters. The molecule has 4 nitrogen and oxygen atoms in total. The zero-order chi connectivity index (χ0) is 13.4. The van der Waals surface area contributed by atoms with Crippen molar-refractivity contribution in [2.75, 3.05) is 25.0 Å². The van der Waals surface area contributed by atoms with E-state index in [1.54, 1.807) is 0 Å². The topological polar surface area (TPSA) is 67.2 Å². The highest BCUT2D eigenvalue weighted by Crippen LogP contribution is 2.18. The Morgan fingerprint density at radius 1 is 1.15 bits per heavy atom. The van der Waals surface area contributed by atoms with Gasteiger partial charge in [0.1, 0.15) is 0 Å². The monoisotopic (exact) mass is 321 g/mol. The van der Waals surface area contributed by atoms with Crippen molar-refractivity contribution in [1.29, 1.82) is 0 Å². The second-order valence-electron chi connectivity index (χ2n) is 4.47. The molecule has 0 fully saturated rings. The van der Waals surface area contributed by atoms with Gasteiger partial charge in [0.2, 0.25) is 5.91 Å². The van der Waals surface area contributed by atoms with E-state index in [2.05, 4.69) is 10.6 Å². The summed E-state index contributed by atoms with van der Waals surface area (Å²) in [6.45, 7) is 5.76. The lowest BCUT2D eigenvalue weighted by molar-refractivity contribution is -0.119. The predicted octanol–water partition coefficient (Wildman–Crippen LogP) is 2.41. The number of nitrogens with one attached hydrogen (secondary N) is 2. The smallest absolute Gasteiger partial charge is 0.239 e. The Hall–Kier alpha value is -0.970. The number of anilines is 1. The summed E-state index contributed by atoms with van der Waals surface area (Å²) in [6, 6.07) is 6.09. The number of halogens is 2. The second-order valence-corrected chi connectivity index (χ2v) is 4.47. The molecule has 0 saturated carbocycles. The molecule has 4 N–H and O–H groups in total. The Morgan fingerprint density at radius 3 is 2.30 bits per heavy atom. The number of aryl methyl sites for hydroxylation is 2. The number of amides is 1. The molecule has 0 bridgehead atoms. The van der Waals surface area contributed by atoms with Crippen LogP contribution in [-0.2, 0) is 4.79 Å². The quantitative estimate of drug-likeness (QED) is 0.675. The van der Waals surface area contributed by atoms with Crippen LogP contribution in [0.4, 0.5) is 5.69 Å². The first kappa shape index (κ1) is 21.3. The summed E-state index contributed by atoms with van der Waals surface area (Å²) in [7, 11) is 0. The van der Waals surface area contributed by atoms with Gasteiger partial charge >= 0.3 is 0 Å². The van der Waals surface area contributed by atoms with Gasteiger partial charge in [-0.3, -0.25) is 4.79 Å². The van der Waals surface area contributed by atoms with Crippen molar-refractivity contribution < 1.29 is 4.79 Å². The van der Waals surface area contributed by atoms with Crippen LogP contribution in [0.25, 0.3) is 0 Å². The van der Waals surface area contributed by atoms with E-state index in [0.29, 0.717) is 19.6 Å². The Morgan fingerprint density at radius 2 is 1.75 bits per heavy atom. The molecule has 116 valence electrons. The first-order valence-electron chi connectivity index (χ1n) is 6.42.